The van der Waals surface area contributed by atoms with Gasteiger partial charge < -0.3 is 0 Å². The lowest BCUT2D eigenvalue weighted by molar-refractivity contribution is -0.572. The minimum absolute atomic E-state index is 1.46. The molecular formula is C8F16O. The second-order valence-electron chi connectivity index (χ2n) is 4.58. The van der Waals surface area contributed by atoms with E-state index in [-0.39, 0.29) is 0 Å². The lowest BCUT2D eigenvalue weighted by Gasteiger charge is -2.50. The molecule has 0 spiro atoms. The molecule has 0 bridgehead atoms. The molecule has 1 unspecified atom stereocenters. The third kappa shape index (κ3) is 2.16. The van der Waals surface area contributed by atoms with Crippen LogP contribution in [0.25, 0.3) is 0 Å². The Morgan fingerprint density at radius 3 is 1.20 bits per heavy atom. The molecule has 1 saturated heterocycles. The second-order valence-corrected chi connectivity index (χ2v) is 4.58. The molecule has 1 nitrogen and oxygen atoms in total. The lowest BCUT2D eigenvalue weighted by atomic mass is 9.86. The Balaban J connectivity index is 3.79. The van der Waals surface area contributed by atoms with Crippen molar-refractivity contribution in [1.29, 1.82) is 0 Å². The Morgan fingerprint density at radius 2 is 0.880 bits per heavy atom. The van der Waals surface area contributed by atoms with Gasteiger partial charge in [-0.3, -0.25) is 4.74 Å². The van der Waals surface area contributed by atoms with E-state index in [1.54, 1.807) is 0 Å². The average Bonchev–Trinajstić information content (AvgIpc) is 2.34. The standard InChI is InChI=1S/C8F16O/c9-1(10)2(11,12)6(19,25-8(23,24)5(1,17)18)3(13,14)4(15,16)7(20,21)22. The highest BCUT2D eigenvalue weighted by atomic mass is 19.4. The van der Waals surface area contributed by atoms with Crippen LogP contribution in [-0.2, 0) is 4.74 Å². The Morgan fingerprint density at radius 1 is 0.520 bits per heavy atom. The van der Waals surface area contributed by atoms with Gasteiger partial charge in [-0.05, 0) is 0 Å². The first-order valence-corrected chi connectivity index (χ1v) is 5.18. The Labute approximate surface area is 124 Å². The summed E-state index contributed by atoms with van der Waals surface area (Å²) in [5, 5.41) is 0. The van der Waals surface area contributed by atoms with Crippen molar-refractivity contribution in [1.82, 2.24) is 0 Å². The van der Waals surface area contributed by atoms with Crippen LogP contribution in [0.2, 0.25) is 0 Å². The molecule has 25 heavy (non-hydrogen) atoms. The fourth-order valence-electron chi connectivity index (χ4n) is 1.53. The van der Waals surface area contributed by atoms with Crippen LogP contribution < -0.4 is 0 Å². The normalized spacial score (nSPS) is 31.7. The summed E-state index contributed by atoms with van der Waals surface area (Å²) in [6, 6.07) is 0. The Bertz CT molecular complexity index is 545. The number of rotatable bonds is 2. The van der Waals surface area contributed by atoms with Crippen molar-refractivity contribution in [3.63, 3.8) is 0 Å². The van der Waals surface area contributed by atoms with Crippen LogP contribution in [-0.4, -0.2) is 47.8 Å². The summed E-state index contributed by atoms with van der Waals surface area (Å²) in [7, 11) is 0. The smallest absolute Gasteiger partial charge is 0.267 e. The van der Waals surface area contributed by atoms with E-state index < -0.39 is 47.8 Å². The van der Waals surface area contributed by atoms with Gasteiger partial charge in [0.25, 0.3) is 0 Å². The summed E-state index contributed by atoms with van der Waals surface area (Å²) in [5.74, 6) is -47.3. The van der Waals surface area contributed by atoms with Gasteiger partial charge in [-0.15, -0.1) is 0 Å². The molecule has 1 fully saturated rings. The molecule has 1 atom stereocenters. The van der Waals surface area contributed by atoms with Crippen LogP contribution in [0.4, 0.5) is 70.2 Å². The van der Waals surface area contributed by atoms with E-state index in [1.807, 2.05) is 0 Å². The van der Waals surface area contributed by atoms with Crippen molar-refractivity contribution in [2.75, 3.05) is 0 Å². The molecule has 150 valence electrons. The molecule has 17 heteroatoms. The van der Waals surface area contributed by atoms with E-state index >= 15 is 0 Å². The number of ether oxygens (including phenoxy) is 1. The zero-order valence-corrected chi connectivity index (χ0v) is 10.5. The highest BCUT2D eigenvalue weighted by Gasteiger charge is 3.00. The van der Waals surface area contributed by atoms with Crippen LogP contribution >= 0.6 is 0 Å². The number of hydrogen-bond donors (Lipinski definition) is 0. The minimum Gasteiger partial charge on any atom is -0.267 e. The van der Waals surface area contributed by atoms with Crippen molar-refractivity contribution >= 4 is 0 Å². The number of hydrogen-bond acceptors (Lipinski definition) is 1. The average molecular weight is 416 g/mol. The van der Waals surface area contributed by atoms with Crippen molar-refractivity contribution in [3.8, 4) is 0 Å². The quantitative estimate of drug-likeness (QED) is 0.575. The van der Waals surface area contributed by atoms with E-state index in [0.717, 1.165) is 0 Å². The number of halogens is 16. The first-order chi connectivity index (χ1) is 10.5. The molecule has 1 heterocycles. The maximum absolute atomic E-state index is 13.5. The second kappa shape index (κ2) is 4.76. The molecule has 0 aromatic rings. The maximum Gasteiger partial charge on any atom is 0.460 e. The fourth-order valence-corrected chi connectivity index (χ4v) is 1.53. The van der Waals surface area contributed by atoms with Crippen LogP contribution in [0.3, 0.4) is 0 Å². The maximum atomic E-state index is 13.5. The summed E-state index contributed by atoms with van der Waals surface area (Å²) in [4.78, 5) is 0. The van der Waals surface area contributed by atoms with Crippen LogP contribution in [0.5, 0.6) is 0 Å². The van der Waals surface area contributed by atoms with E-state index in [4.69, 9.17) is 0 Å². The zero-order chi connectivity index (χ0) is 20.7. The molecule has 0 radical (unpaired) electrons. The molecule has 0 N–H and O–H groups in total. The summed E-state index contributed by atoms with van der Waals surface area (Å²) >= 11 is 0. The van der Waals surface area contributed by atoms with Crippen molar-refractivity contribution in [3.05, 3.63) is 0 Å². The molecule has 0 amide bonds. The summed E-state index contributed by atoms with van der Waals surface area (Å²) < 4.78 is 204. The van der Waals surface area contributed by atoms with Gasteiger partial charge in [0.05, 0.1) is 0 Å². The van der Waals surface area contributed by atoms with Gasteiger partial charge >= 0.3 is 47.8 Å². The highest BCUT2D eigenvalue weighted by molar-refractivity contribution is 5.18. The Hall–Kier alpha value is -1.16. The monoisotopic (exact) mass is 416 g/mol. The van der Waals surface area contributed by atoms with Gasteiger partial charge in [0, 0.05) is 0 Å². The first kappa shape index (κ1) is 21.9. The third-order valence-electron chi connectivity index (χ3n) is 2.98. The van der Waals surface area contributed by atoms with E-state index in [1.165, 1.54) is 4.74 Å². The molecule has 1 aliphatic heterocycles. The molecular weight excluding hydrogens is 416 g/mol. The lowest BCUT2D eigenvalue weighted by Crippen LogP contribution is -2.82. The van der Waals surface area contributed by atoms with Crippen LogP contribution in [0.1, 0.15) is 0 Å². The minimum atomic E-state index is -8.19. The SMILES string of the molecule is FC(F)(F)C(F)(F)C(F)(F)C1(F)OC(F)(F)C(F)(F)C(F)(F)C1(F)F. The van der Waals surface area contributed by atoms with Gasteiger partial charge in [0.1, 0.15) is 0 Å². The zero-order valence-electron chi connectivity index (χ0n) is 10.5. The van der Waals surface area contributed by atoms with E-state index in [9.17, 15) is 70.2 Å². The predicted octanol–water partition coefficient (Wildman–Crippen LogP) is 5.01. The molecule has 0 aromatic carbocycles. The highest BCUT2D eigenvalue weighted by Crippen LogP contribution is 2.68. The molecule has 1 rings (SSSR count). The predicted molar refractivity (Wildman–Crippen MR) is 40.7 cm³/mol. The van der Waals surface area contributed by atoms with Gasteiger partial charge in [-0.25, -0.2) is 0 Å². The summed E-state index contributed by atoms with van der Waals surface area (Å²) in [6.07, 6.45) is -15.0. The van der Waals surface area contributed by atoms with E-state index in [0.29, 0.717) is 0 Å². The summed E-state index contributed by atoms with van der Waals surface area (Å²) in [5.41, 5.74) is 0. The Kier molecular flexibility index (Phi) is 4.17. The summed E-state index contributed by atoms with van der Waals surface area (Å²) in [6.45, 7) is 0. The van der Waals surface area contributed by atoms with Crippen LogP contribution in [0.15, 0.2) is 0 Å². The molecule has 0 aromatic heterocycles. The van der Waals surface area contributed by atoms with Gasteiger partial charge in [-0.2, -0.15) is 70.2 Å². The van der Waals surface area contributed by atoms with Crippen molar-refractivity contribution < 1.29 is 75.0 Å². The van der Waals surface area contributed by atoms with E-state index in [2.05, 4.69) is 0 Å². The van der Waals surface area contributed by atoms with Crippen molar-refractivity contribution in [2.45, 2.75) is 47.8 Å². The van der Waals surface area contributed by atoms with Gasteiger partial charge in [-0.1, -0.05) is 0 Å². The molecule has 0 saturated carbocycles. The van der Waals surface area contributed by atoms with Gasteiger partial charge in [0.2, 0.25) is 0 Å². The number of alkyl halides is 16. The fraction of sp³-hybridized carbons (Fsp3) is 1.00. The van der Waals surface area contributed by atoms with Crippen molar-refractivity contribution in [2.24, 2.45) is 0 Å². The first-order valence-electron chi connectivity index (χ1n) is 5.18. The van der Waals surface area contributed by atoms with Crippen LogP contribution in [0, 0.1) is 0 Å². The topological polar surface area (TPSA) is 9.23 Å². The third-order valence-corrected chi connectivity index (χ3v) is 2.98. The molecule has 1 aliphatic rings. The van der Waals surface area contributed by atoms with Gasteiger partial charge in [0.15, 0.2) is 0 Å². The largest absolute Gasteiger partial charge is 0.460 e. The molecule has 0 aliphatic carbocycles.